The Morgan fingerprint density at radius 3 is 2.56 bits per heavy atom. The molecular formula is C19H23ClN4O. The van der Waals surface area contributed by atoms with Crippen LogP contribution >= 0.6 is 11.6 Å². The van der Waals surface area contributed by atoms with Gasteiger partial charge in [-0.05, 0) is 43.0 Å². The van der Waals surface area contributed by atoms with Crippen LogP contribution in [0.3, 0.4) is 0 Å². The number of hydrogen-bond donors (Lipinski definition) is 0. The molecule has 0 bridgehead atoms. The molecule has 2 fully saturated rings. The third-order valence-corrected chi connectivity index (χ3v) is 5.70. The molecule has 2 aliphatic heterocycles. The molecule has 132 valence electrons. The summed E-state index contributed by atoms with van der Waals surface area (Å²) < 4.78 is 1.89. The molecule has 3 heterocycles. The summed E-state index contributed by atoms with van der Waals surface area (Å²) in [5, 5.41) is 5.20. The summed E-state index contributed by atoms with van der Waals surface area (Å²) in [6.07, 6.45) is 6.41. The number of carbonyl (C=O) groups is 1. The summed E-state index contributed by atoms with van der Waals surface area (Å²) in [6, 6.07) is 9.91. The Labute approximate surface area is 153 Å². The summed E-state index contributed by atoms with van der Waals surface area (Å²) in [4.78, 5) is 17.5. The lowest BCUT2D eigenvalue weighted by atomic mass is 9.85. The Morgan fingerprint density at radius 2 is 1.96 bits per heavy atom. The van der Waals surface area contributed by atoms with E-state index in [1.807, 2.05) is 40.0 Å². The van der Waals surface area contributed by atoms with E-state index < -0.39 is 5.54 Å². The zero-order valence-electron chi connectivity index (χ0n) is 14.3. The number of carbonyl (C=O) groups excluding carboxylic acids is 1. The van der Waals surface area contributed by atoms with E-state index in [-0.39, 0.29) is 5.91 Å². The van der Waals surface area contributed by atoms with Crippen LogP contribution in [0.15, 0.2) is 42.7 Å². The number of hydrogen-bond acceptors (Lipinski definition) is 3. The van der Waals surface area contributed by atoms with Crippen LogP contribution in [0.5, 0.6) is 0 Å². The second-order valence-corrected chi connectivity index (χ2v) is 7.47. The van der Waals surface area contributed by atoms with Gasteiger partial charge in [0, 0.05) is 50.1 Å². The van der Waals surface area contributed by atoms with Crippen LogP contribution in [-0.4, -0.2) is 51.7 Å². The van der Waals surface area contributed by atoms with Crippen LogP contribution in [0.25, 0.3) is 0 Å². The molecular weight excluding hydrogens is 336 g/mol. The summed E-state index contributed by atoms with van der Waals surface area (Å²) >= 11 is 6.09. The maximum atomic E-state index is 13.1. The first-order valence-electron chi connectivity index (χ1n) is 8.94. The molecule has 2 aromatic rings. The Bertz CT molecular complexity index is 734. The molecule has 4 rings (SSSR count). The van der Waals surface area contributed by atoms with E-state index in [1.165, 1.54) is 5.56 Å². The molecule has 0 spiro atoms. The zero-order valence-corrected chi connectivity index (χ0v) is 15.0. The monoisotopic (exact) mass is 358 g/mol. The predicted octanol–water partition coefficient (Wildman–Crippen LogP) is 2.76. The SMILES string of the molecule is O=C(N1CCC1)C1(n2cccn2)CCN(Cc2cccc(Cl)c2)CC1. The standard InChI is InChI=1S/C19H23ClN4O/c20-17-5-1-4-16(14-17)15-22-12-6-19(7-13-22,24-11-2-8-21-24)18(25)23-9-3-10-23/h1-2,4-5,8,11,14H,3,6-7,9-10,12-13,15H2. The minimum Gasteiger partial charge on any atom is -0.340 e. The van der Waals surface area contributed by atoms with Crippen molar-refractivity contribution in [1.29, 1.82) is 0 Å². The van der Waals surface area contributed by atoms with Crippen molar-refractivity contribution in [2.75, 3.05) is 26.2 Å². The maximum Gasteiger partial charge on any atom is 0.250 e. The summed E-state index contributed by atoms with van der Waals surface area (Å²) in [7, 11) is 0. The zero-order chi connectivity index (χ0) is 17.3. The van der Waals surface area contributed by atoms with E-state index >= 15 is 0 Å². The maximum absolute atomic E-state index is 13.1. The second kappa shape index (κ2) is 6.81. The number of nitrogens with zero attached hydrogens (tertiary/aromatic N) is 4. The summed E-state index contributed by atoms with van der Waals surface area (Å²) in [6.45, 7) is 4.40. The van der Waals surface area contributed by atoms with Gasteiger partial charge in [0.2, 0.25) is 0 Å². The number of aromatic nitrogens is 2. The Morgan fingerprint density at radius 1 is 1.16 bits per heavy atom. The van der Waals surface area contributed by atoms with Crippen molar-refractivity contribution in [2.24, 2.45) is 0 Å². The van der Waals surface area contributed by atoms with Gasteiger partial charge in [-0.25, -0.2) is 0 Å². The molecule has 0 atom stereocenters. The average molecular weight is 359 g/mol. The molecule has 0 saturated carbocycles. The minimum absolute atomic E-state index is 0.241. The van der Waals surface area contributed by atoms with Crippen molar-refractivity contribution < 1.29 is 4.79 Å². The van der Waals surface area contributed by atoms with Gasteiger partial charge in [-0.15, -0.1) is 0 Å². The van der Waals surface area contributed by atoms with Crippen molar-refractivity contribution in [1.82, 2.24) is 19.6 Å². The van der Waals surface area contributed by atoms with Gasteiger partial charge in [0.15, 0.2) is 0 Å². The molecule has 0 radical (unpaired) electrons. The number of benzene rings is 1. The van der Waals surface area contributed by atoms with Gasteiger partial charge < -0.3 is 4.90 Å². The van der Waals surface area contributed by atoms with Crippen LogP contribution < -0.4 is 0 Å². The highest BCUT2D eigenvalue weighted by Gasteiger charge is 2.46. The smallest absolute Gasteiger partial charge is 0.250 e. The van der Waals surface area contributed by atoms with Crippen LogP contribution in [0.2, 0.25) is 5.02 Å². The molecule has 0 unspecified atom stereocenters. The number of rotatable bonds is 4. The van der Waals surface area contributed by atoms with Gasteiger partial charge in [-0.2, -0.15) is 5.10 Å². The van der Waals surface area contributed by atoms with Gasteiger partial charge >= 0.3 is 0 Å². The molecule has 2 aliphatic rings. The van der Waals surface area contributed by atoms with Crippen LogP contribution in [-0.2, 0) is 16.9 Å². The normalized spacial score (nSPS) is 20.3. The van der Waals surface area contributed by atoms with E-state index in [4.69, 9.17) is 11.6 Å². The quantitative estimate of drug-likeness (QED) is 0.844. The van der Waals surface area contributed by atoms with Gasteiger partial charge in [-0.1, -0.05) is 23.7 Å². The van der Waals surface area contributed by atoms with Crippen LogP contribution in [0, 0.1) is 0 Å². The molecule has 2 saturated heterocycles. The second-order valence-electron chi connectivity index (χ2n) is 7.03. The fraction of sp³-hybridized carbons (Fsp3) is 0.474. The first-order chi connectivity index (χ1) is 12.2. The fourth-order valence-electron chi connectivity index (χ4n) is 3.85. The van der Waals surface area contributed by atoms with E-state index in [9.17, 15) is 4.79 Å². The molecule has 1 aromatic heterocycles. The molecule has 6 heteroatoms. The van der Waals surface area contributed by atoms with E-state index in [0.717, 1.165) is 57.0 Å². The topological polar surface area (TPSA) is 41.4 Å². The Kier molecular flexibility index (Phi) is 4.52. The summed E-state index contributed by atoms with van der Waals surface area (Å²) in [5.74, 6) is 0.241. The number of likely N-dealkylation sites (tertiary alicyclic amines) is 2. The summed E-state index contributed by atoms with van der Waals surface area (Å²) in [5.41, 5.74) is 0.697. The number of piperidine rings is 1. The molecule has 0 aliphatic carbocycles. The number of amides is 1. The third-order valence-electron chi connectivity index (χ3n) is 5.46. The fourth-order valence-corrected chi connectivity index (χ4v) is 4.06. The van der Waals surface area contributed by atoms with E-state index in [1.54, 1.807) is 6.20 Å². The highest BCUT2D eigenvalue weighted by atomic mass is 35.5. The lowest BCUT2D eigenvalue weighted by Gasteiger charge is -2.45. The first-order valence-corrected chi connectivity index (χ1v) is 9.31. The van der Waals surface area contributed by atoms with E-state index in [2.05, 4.69) is 16.1 Å². The van der Waals surface area contributed by atoms with Gasteiger partial charge in [0.25, 0.3) is 5.91 Å². The predicted molar refractivity (Wildman–Crippen MR) is 97.4 cm³/mol. The van der Waals surface area contributed by atoms with E-state index in [0.29, 0.717) is 0 Å². The van der Waals surface area contributed by atoms with Crippen molar-refractivity contribution in [2.45, 2.75) is 31.3 Å². The van der Waals surface area contributed by atoms with Gasteiger partial charge in [0.1, 0.15) is 5.54 Å². The molecule has 25 heavy (non-hydrogen) atoms. The van der Waals surface area contributed by atoms with Crippen molar-refractivity contribution in [3.8, 4) is 0 Å². The lowest BCUT2D eigenvalue weighted by molar-refractivity contribution is -0.148. The highest BCUT2D eigenvalue weighted by molar-refractivity contribution is 6.30. The van der Waals surface area contributed by atoms with Crippen molar-refractivity contribution in [3.05, 3.63) is 53.3 Å². The Hall–Kier alpha value is -1.85. The van der Waals surface area contributed by atoms with Crippen molar-refractivity contribution >= 4 is 17.5 Å². The van der Waals surface area contributed by atoms with Crippen LogP contribution in [0.4, 0.5) is 0 Å². The first kappa shape index (κ1) is 16.6. The molecule has 1 aromatic carbocycles. The Balaban J connectivity index is 1.49. The number of halogens is 1. The molecule has 1 amide bonds. The minimum atomic E-state index is -0.519. The highest BCUT2D eigenvalue weighted by Crippen LogP contribution is 2.34. The van der Waals surface area contributed by atoms with Gasteiger partial charge in [0.05, 0.1) is 0 Å². The molecule has 5 nitrogen and oxygen atoms in total. The average Bonchev–Trinajstić information content (AvgIpc) is 3.09. The molecule has 0 N–H and O–H groups in total. The van der Waals surface area contributed by atoms with Crippen LogP contribution in [0.1, 0.15) is 24.8 Å². The van der Waals surface area contributed by atoms with Gasteiger partial charge in [-0.3, -0.25) is 14.4 Å². The largest absolute Gasteiger partial charge is 0.340 e. The third kappa shape index (κ3) is 3.18. The van der Waals surface area contributed by atoms with Crippen molar-refractivity contribution in [3.63, 3.8) is 0 Å². The lowest BCUT2D eigenvalue weighted by Crippen LogP contribution is -2.59.